The molecular formula is C18H20FN7O. The van der Waals surface area contributed by atoms with E-state index >= 15 is 0 Å². The highest BCUT2D eigenvalue weighted by molar-refractivity contribution is 5.91. The van der Waals surface area contributed by atoms with Gasteiger partial charge in [0.25, 0.3) is 5.91 Å². The van der Waals surface area contributed by atoms with Gasteiger partial charge in [-0.05, 0) is 30.5 Å². The molecule has 27 heavy (non-hydrogen) atoms. The van der Waals surface area contributed by atoms with Crippen molar-refractivity contribution in [3.05, 3.63) is 59.2 Å². The van der Waals surface area contributed by atoms with E-state index in [2.05, 4.69) is 30.4 Å². The summed E-state index contributed by atoms with van der Waals surface area (Å²) >= 11 is 0. The highest BCUT2D eigenvalue weighted by atomic mass is 19.1. The molecule has 1 N–H and O–H groups in total. The predicted octanol–water partition coefficient (Wildman–Crippen LogP) is 1.71. The van der Waals surface area contributed by atoms with Gasteiger partial charge in [-0.1, -0.05) is 23.8 Å². The Morgan fingerprint density at radius 3 is 2.81 bits per heavy atom. The van der Waals surface area contributed by atoms with E-state index in [1.807, 2.05) is 0 Å². The average Bonchev–Trinajstić information content (AvgIpc) is 3.22. The van der Waals surface area contributed by atoms with Gasteiger partial charge < -0.3 is 9.88 Å². The second-order valence-electron chi connectivity index (χ2n) is 6.61. The fraction of sp³-hybridized carbons (Fsp3) is 0.389. The van der Waals surface area contributed by atoms with Crippen LogP contribution in [0.25, 0.3) is 0 Å². The zero-order valence-electron chi connectivity index (χ0n) is 14.8. The molecule has 140 valence electrons. The van der Waals surface area contributed by atoms with Crippen molar-refractivity contribution >= 4 is 5.91 Å². The number of nitrogens with one attached hydrogen (secondary N) is 1. The Morgan fingerprint density at radius 1 is 1.11 bits per heavy atom. The number of amides is 1. The summed E-state index contributed by atoms with van der Waals surface area (Å²) in [6.07, 6.45) is 5.92. The summed E-state index contributed by atoms with van der Waals surface area (Å²) in [5.41, 5.74) is 1.10. The molecule has 2 aromatic heterocycles. The Labute approximate surface area is 155 Å². The molecule has 4 rings (SSSR count). The molecule has 3 heterocycles. The molecule has 0 fully saturated rings. The van der Waals surface area contributed by atoms with E-state index in [1.54, 1.807) is 23.0 Å². The molecule has 1 aromatic carbocycles. The van der Waals surface area contributed by atoms with Gasteiger partial charge in [0.1, 0.15) is 11.6 Å². The van der Waals surface area contributed by atoms with Crippen molar-refractivity contribution in [2.45, 2.75) is 45.3 Å². The third kappa shape index (κ3) is 4.02. The zero-order valence-corrected chi connectivity index (χ0v) is 14.8. The molecule has 0 bridgehead atoms. The Kier molecular flexibility index (Phi) is 4.91. The van der Waals surface area contributed by atoms with Crippen LogP contribution in [0.1, 0.15) is 47.0 Å². The Morgan fingerprint density at radius 2 is 1.96 bits per heavy atom. The normalized spacial score (nSPS) is 13.8. The highest BCUT2D eigenvalue weighted by Gasteiger charge is 2.16. The number of hydrogen-bond acceptors (Lipinski definition) is 5. The van der Waals surface area contributed by atoms with Crippen LogP contribution in [0.3, 0.4) is 0 Å². The highest BCUT2D eigenvalue weighted by Crippen LogP contribution is 2.14. The van der Waals surface area contributed by atoms with Gasteiger partial charge in [-0.2, -0.15) is 0 Å². The van der Waals surface area contributed by atoms with Gasteiger partial charge >= 0.3 is 0 Å². The van der Waals surface area contributed by atoms with E-state index in [4.69, 9.17) is 0 Å². The van der Waals surface area contributed by atoms with Crippen LogP contribution in [0, 0.1) is 5.82 Å². The molecule has 0 aliphatic carbocycles. The maximum absolute atomic E-state index is 13.0. The monoisotopic (exact) mass is 369 g/mol. The van der Waals surface area contributed by atoms with Crippen molar-refractivity contribution in [3.8, 4) is 0 Å². The van der Waals surface area contributed by atoms with Gasteiger partial charge in [0.2, 0.25) is 0 Å². The molecule has 8 nitrogen and oxygen atoms in total. The maximum atomic E-state index is 13.0. The molecule has 0 saturated heterocycles. The van der Waals surface area contributed by atoms with Crippen molar-refractivity contribution < 1.29 is 9.18 Å². The number of aromatic nitrogens is 6. The van der Waals surface area contributed by atoms with Crippen LogP contribution in [-0.4, -0.2) is 35.7 Å². The number of hydrogen-bond donors (Lipinski definition) is 1. The zero-order chi connectivity index (χ0) is 18.6. The molecule has 0 atom stereocenters. The number of benzene rings is 1. The fourth-order valence-electron chi connectivity index (χ4n) is 3.18. The molecule has 1 aliphatic heterocycles. The quantitative estimate of drug-likeness (QED) is 0.739. The molecular weight excluding hydrogens is 349 g/mol. The first-order chi connectivity index (χ1) is 13.2. The molecule has 0 spiro atoms. The minimum absolute atomic E-state index is 0.229. The van der Waals surface area contributed by atoms with Crippen molar-refractivity contribution in [1.82, 2.24) is 35.1 Å². The van der Waals surface area contributed by atoms with Gasteiger partial charge in [-0.15, -0.1) is 15.3 Å². The van der Waals surface area contributed by atoms with Gasteiger partial charge in [-0.25, -0.2) is 9.07 Å². The number of rotatable bonds is 5. The van der Waals surface area contributed by atoms with Crippen molar-refractivity contribution in [2.24, 2.45) is 0 Å². The van der Waals surface area contributed by atoms with Crippen LogP contribution in [0.5, 0.6) is 0 Å². The summed E-state index contributed by atoms with van der Waals surface area (Å²) in [7, 11) is 0. The maximum Gasteiger partial charge on any atom is 0.273 e. The first kappa shape index (κ1) is 17.3. The second kappa shape index (κ2) is 7.65. The van der Waals surface area contributed by atoms with E-state index in [0.29, 0.717) is 13.1 Å². The molecule has 1 aliphatic rings. The topological polar surface area (TPSA) is 90.5 Å². The molecule has 0 radical (unpaired) electrons. The van der Waals surface area contributed by atoms with E-state index < -0.39 is 0 Å². The lowest BCUT2D eigenvalue weighted by atomic mass is 10.2. The summed E-state index contributed by atoms with van der Waals surface area (Å²) in [5, 5.41) is 19.1. The van der Waals surface area contributed by atoms with Crippen molar-refractivity contribution in [3.63, 3.8) is 0 Å². The minimum Gasteiger partial charge on any atom is -0.343 e. The smallest absolute Gasteiger partial charge is 0.273 e. The van der Waals surface area contributed by atoms with E-state index in [-0.39, 0.29) is 17.4 Å². The number of fused-ring (bicyclic) bond motifs is 1. The molecule has 3 aromatic rings. The van der Waals surface area contributed by atoms with Crippen LogP contribution in [0.15, 0.2) is 30.5 Å². The second-order valence-corrected chi connectivity index (χ2v) is 6.61. The standard InChI is InChI=1S/C18H20FN7O/c19-14-7-5-13(6-8-14)11-25-12-15(21-24-25)18(27)20-10-17-23-22-16-4-2-1-3-9-26(16)17/h5-8,12H,1-4,9-11H2,(H,20,27). The van der Waals surface area contributed by atoms with Crippen LogP contribution >= 0.6 is 0 Å². The summed E-state index contributed by atoms with van der Waals surface area (Å²) in [4.78, 5) is 12.4. The van der Waals surface area contributed by atoms with E-state index in [9.17, 15) is 9.18 Å². The SMILES string of the molecule is O=C(NCc1nnc2n1CCCCC2)c1cn(Cc2ccc(F)cc2)nn1. The summed E-state index contributed by atoms with van der Waals surface area (Å²) < 4.78 is 16.6. The lowest BCUT2D eigenvalue weighted by Gasteiger charge is -2.07. The van der Waals surface area contributed by atoms with Crippen LogP contribution in [-0.2, 0) is 26.1 Å². The predicted molar refractivity (Wildman–Crippen MR) is 94.3 cm³/mol. The van der Waals surface area contributed by atoms with E-state index in [0.717, 1.165) is 43.0 Å². The molecule has 9 heteroatoms. The van der Waals surface area contributed by atoms with Gasteiger partial charge in [-0.3, -0.25) is 4.79 Å². The summed E-state index contributed by atoms with van der Waals surface area (Å²) in [6.45, 7) is 1.61. The van der Waals surface area contributed by atoms with Crippen molar-refractivity contribution in [1.29, 1.82) is 0 Å². The minimum atomic E-state index is -0.314. The van der Waals surface area contributed by atoms with Crippen LogP contribution in [0.4, 0.5) is 4.39 Å². The number of aryl methyl sites for hydroxylation is 1. The first-order valence-corrected chi connectivity index (χ1v) is 9.03. The fourth-order valence-corrected chi connectivity index (χ4v) is 3.18. The lowest BCUT2D eigenvalue weighted by molar-refractivity contribution is 0.0944. The van der Waals surface area contributed by atoms with Crippen molar-refractivity contribution in [2.75, 3.05) is 0 Å². The van der Waals surface area contributed by atoms with Gasteiger partial charge in [0.05, 0.1) is 19.3 Å². The van der Waals surface area contributed by atoms with Crippen LogP contribution < -0.4 is 5.32 Å². The van der Waals surface area contributed by atoms with Crippen LogP contribution in [0.2, 0.25) is 0 Å². The Balaban J connectivity index is 1.37. The Bertz CT molecular complexity index is 932. The number of nitrogens with zero attached hydrogens (tertiary/aromatic N) is 6. The van der Waals surface area contributed by atoms with E-state index in [1.165, 1.54) is 18.6 Å². The Hall–Kier alpha value is -3.10. The number of halogens is 1. The largest absolute Gasteiger partial charge is 0.343 e. The molecule has 0 saturated carbocycles. The lowest BCUT2D eigenvalue weighted by Crippen LogP contribution is -2.25. The third-order valence-corrected chi connectivity index (χ3v) is 4.62. The number of carbonyl (C=O) groups excluding carboxylic acids is 1. The number of carbonyl (C=O) groups is 1. The first-order valence-electron chi connectivity index (χ1n) is 9.03. The summed E-state index contributed by atoms with van der Waals surface area (Å²) in [5.74, 6) is 1.15. The molecule has 1 amide bonds. The molecule has 0 unspecified atom stereocenters. The third-order valence-electron chi connectivity index (χ3n) is 4.62. The van der Waals surface area contributed by atoms with Gasteiger partial charge in [0.15, 0.2) is 11.5 Å². The average molecular weight is 369 g/mol. The van der Waals surface area contributed by atoms with Gasteiger partial charge in [0, 0.05) is 13.0 Å². The summed E-state index contributed by atoms with van der Waals surface area (Å²) in [6, 6.07) is 6.13.